The second kappa shape index (κ2) is 4.42. The topological polar surface area (TPSA) is 61.0 Å². The first kappa shape index (κ1) is 11.7. The van der Waals surface area contributed by atoms with Crippen LogP contribution >= 0.6 is 0 Å². The van der Waals surface area contributed by atoms with Crippen molar-refractivity contribution in [3.05, 3.63) is 21.9 Å². The van der Waals surface area contributed by atoms with Gasteiger partial charge in [-0.1, -0.05) is 25.9 Å². The van der Waals surface area contributed by atoms with Gasteiger partial charge in [-0.15, -0.1) is 4.68 Å². The van der Waals surface area contributed by atoms with Crippen molar-refractivity contribution in [2.45, 2.75) is 40.2 Å². The summed E-state index contributed by atoms with van der Waals surface area (Å²) in [4.78, 5) is 10.6. The van der Waals surface area contributed by atoms with E-state index in [1.54, 1.807) is 6.20 Å². The fraction of sp³-hybridized carbons (Fsp3) is 0.700. The predicted molar refractivity (Wildman–Crippen MR) is 57.8 cm³/mol. The Bertz CT molecular complexity index is 358. The monoisotopic (exact) mass is 211 g/mol. The fourth-order valence-electron chi connectivity index (χ4n) is 1.50. The van der Waals surface area contributed by atoms with Crippen LogP contribution in [0.1, 0.15) is 39.2 Å². The van der Waals surface area contributed by atoms with Crippen LogP contribution in [0.4, 0.5) is 5.82 Å². The van der Waals surface area contributed by atoms with Gasteiger partial charge in [-0.05, 0) is 23.7 Å². The van der Waals surface area contributed by atoms with E-state index in [0.717, 1.165) is 5.56 Å². The molecular weight excluding hydrogens is 194 g/mol. The average Bonchev–Trinajstić information content (AvgIpc) is 2.59. The summed E-state index contributed by atoms with van der Waals surface area (Å²) in [7, 11) is 0. The van der Waals surface area contributed by atoms with Crippen LogP contribution in [-0.4, -0.2) is 14.7 Å². The lowest BCUT2D eigenvalue weighted by atomic mass is 9.92. The van der Waals surface area contributed by atoms with E-state index in [0.29, 0.717) is 12.5 Å². The molecule has 5 nitrogen and oxygen atoms in total. The summed E-state index contributed by atoms with van der Waals surface area (Å²) in [6.45, 7) is 8.48. The highest BCUT2D eigenvalue weighted by atomic mass is 16.6. The molecule has 15 heavy (non-hydrogen) atoms. The van der Waals surface area contributed by atoms with Crippen molar-refractivity contribution in [1.82, 2.24) is 9.78 Å². The van der Waals surface area contributed by atoms with E-state index in [4.69, 9.17) is 0 Å². The summed E-state index contributed by atoms with van der Waals surface area (Å²) in [5.41, 5.74) is 0.733. The van der Waals surface area contributed by atoms with Crippen LogP contribution in [0.15, 0.2) is 6.20 Å². The Morgan fingerprint density at radius 3 is 2.53 bits per heavy atom. The first-order chi connectivity index (χ1) is 6.99. The third-order valence-corrected chi connectivity index (χ3v) is 2.80. The predicted octanol–water partition coefficient (Wildman–Crippen LogP) is 2.57. The molecule has 0 N–H and O–H groups in total. The quantitative estimate of drug-likeness (QED) is 0.568. The minimum atomic E-state index is -0.343. The largest absolute Gasteiger partial charge is 0.358 e. The molecule has 0 bridgehead atoms. The van der Waals surface area contributed by atoms with Crippen molar-refractivity contribution < 1.29 is 4.92 Å². The first-order valence-corrected chi connectivity index (χ1v) is 5.19. The number of nitrogens with zero attached hydrogens (tertiary/aromatic N) is 3. The van der Waals surface area contributed by atoms with E-state index in [9.17, 15) is 10.1 Å². The molecule has 0 radical (unpaired) electrons. The highest BCUT2D eigenvalue weighted by Gasteiger charge is 2.26. The molecule has 0 fully saturated rings. The van der Waals surface area contributed by atoms with E-state index >= 15 is 0 Å². The summed E-state index contributed by atoms with van der Waals surface area (Å²) in [6.07, 6.45) is 1.62. The lowest BCUT2D eigenvalue weighted by molar-refractivity contribution is -0.393. The molecule has 5 heteroatoms. The molecule has 0 saturated heterocycles. The van der Waals surface area contributed by atoms with Gasteiger partial charge in [0, 0.05) is 0 Å². The highest BCUT2D eigenvalue weighted by Crippen LogP contribution is 2.30. The van der Waals surface area contributed by atoms with Crippen LogP contribution in [0.3, 0.4) is 0 Å². The third kappa shape index (κ3) is 2.16. The lowest BCUT2D eigenvalue weighted by Gasteiger charge is -2.13. The highest BCUT2D eigenvalue weighted by molar-refractivity contribution is 5.34. The Kier molecular flexibility index (Phi) is 3.44. The minimum Gasteiger partial charge on any atom is -0.358 e. The molecule has 1 atom stereocenters. The van der Waals surface area contributed by atoms with Gasteiger partial charge in [0.25, 0.3) is 0 Å². The van der Waals surface area contributed by atoms with Crippen LogP contribution in [0.2, 0.25) is 0 Å². The van der Waals surface area contributed by atoms with Crippen molar-refractivity contribution in [3.63, 3.8) is 0 Å². The zero-order valence-electron chi connectivity index (χ0n) is 9.60. The Balaban J connectivity index is 3.18. The van der Waals surface area contributed by atoms with Crippen LogP contribution in [0.5, 0.6) is 0 Å². The summed E-state index contributed by atoms with van der Waals surface area (Å²) in [6, 6.07) is 0. The Labute approximate surface area is 89.2 Å². The van der Waals surface area contributed by atoms with Gasteiger partial charge in [0.1, 0.15) is 6.54 Å². The van der Waals surface area contributed by atoms with E-state index in [2.05, 4.69) is 18.9 Å². The van der Waals surface area contributed by atoms with Gasteiger partial charge in [-0.3, -0.25) is 0 Å². The maximum absolute atomic E-state index is 10.9. The minimum absolute atomic E-state index is 0.138. The molecule has 0 aliphatic rings. The normalized spacial score (nSPS) is 13.1. The first-order valence-electron chi connectivity index (χ1n) is 5.19. The standard InChI is InChI=1S/C10H17N3O2/c1-5-12-10(13(14)15)9(6-11-12)8(4)7(2)3/h6-8H,5H2,1-4H3. The smallest absolute Gasteiger partial charge is 0.348 e. The molecule has 1 rings (SSSR count). The van der Waals surface area contributed by atoms with Crippen molar-refractivity contribution in [1.29, 1.82) is 0 Å². The number of aryl methyl sites for hydroxylation is 1. The summed E-state index contributed by atoms with van der Waals surface area (Å²) in [5.74, 6) is 0.669. The molecule has 0 aromatic carbocycles. The lowest BCUT2D eigenvalue weighted by Crippen LogP contribution is -2.07. The van der Waals surface area contributed by atoms with Gasteiger partial charge in [0.05, 0.1) is 11.8 Å². The third-order valence-electron chi connectivity index (χ3n) is 2.80. The van der Waals surface area contributed by atoms with E-state index in [-0.39, 0.29) is 16.7 Å². The van der Waals surface area contributed by atoms with Crippen molar-refractivity contribution in [2.75, 3.05) is 0 Å². The van der Waals surface area contributed by atoms with Crippen LogP contribution in [0, 0.1) is 16.0 Å². The van der Waals surface area contributed by atoms with Crippen molar-refractivity contribution in [3.8, 4) is 0 Å². The van der Waals surface area contributed by atoms with Gasteiger partial charge in [-0.25, -0.2) is 0 Å². The van der Waals surface area contributed by atoms with Crippen molar-refractivity contribution >= 4 is 5.82 Å². The number of rotatable bonds is 4. The summed E-state index contributed by atoms with van der Waals surface area (Å²) >= 11 is 0. The molecule has 0 aliphatic carbocycles. The van der Waals surface area contributed by atoms with Gasteiger partial charge in [0.2, 0.25) is 0 Å². The summed E-state index contributed by atoms with van der Waals surface area (Å²) < 4.78 is 1.44. The molecule has 0 aliphatic heterocycles. The van der Waals surface area contributed by atoms with Crippen LogP contribution in [0.25, 0.3) is 0 Å². The van der Waals surface area contributed by atoms with E-state index in [1.807, 2.05) is 13.8 Å². The molecular formula is C10H17N3O2. The molecule has 0 spiro atoms. The van der Waals surface area contributed by atoms with Crippen molar-refractivity contribution in [2.24, 2.45) is 5.92 Å². The Hall–Kier alpha value is -1.39. The molecule has 1 unspecified atom stereocenters. The number of aromatic nitrogens is 2. The molecule has 1 aromatic rings. The summed E-state index contributed by atoms with van der Waals surface area (Å²) in [5, 5.41) is 15.0. The van der Waals surface area contributed by atoms with E-state index < -0.39 is 0 Å². The van der Waals surface area contributed by atoms with Crippen LogP contribution in [-0.2, 0) is 6.54 Å². The second-order valence-corrected chi connectivity index (χ2v) is 4.03. The molecule has 0 amide bonds. The fourth-order valence-corrected chi connectivity index (χ4v) is 1.50. The molecule has 1 heterocycles. The number of hydrogen-bond donors (Lipinski definition) is 0. The van der Waals surface area contributed by atoms with E-state index in [1.165, 1.54) is 4.68 Å². The average molecular weight is 211 g/mol. The van der Waals surface area contributed by atoms with Gasteiger partial charge >= 0.3 is 5.82 Å². The molecule has 0 saturated carbocycles. The Morgan fingerprint density at radius 2 is 2.13 bits per heavy atom. The van der Waals surface area contributed by atoms with Gasteiger partial charge < -0.3 is 10.1 Å². The molecule has 84 valence electrons. The second-order valence-electron chi connectivity index (χ2n) is 4.03. The zero-order chi connectivity index (χ0) is 11.6. The molecule has 1 aromatic heterocycles. The zero-order valence-corrected chi connectivity index (χ0v) is 9.60. The number of nitro groups is 1. The van der Waals surface area contributed by atoms with Crippen LogP contribution < -0.4 is 0 Å². The van der Waals surface area contributed by atoms with Gasteiger partial charge in [0.15, 0.2) is 0 Å². The SMILES string of the molecule is CCn1ncc(C(C)C(C)C)c1[N+](=O)[O-]. The number of hydrogen-bond acceptors (Lipinski definition) is 3. The van der Waals surface area contributed by atoms with Gasteiger partial charge in [-0.2, -0.15) is 0 Å². The maximum atomic E-state index is 10.9. The maximum Gasteiger partial charge on any atom is 0.348 e. The Morgan fingerprint density at radius 1 is 1.53 bits per heavy atom.